The Kier molecular flexibility index (Phi) is 3.45. The second-order valence-electron chi connectivity index (χ2n) is 4.37. The Balaban J connectivity index is 1.80. The minimum absolute atomic E-state index is 0.238. The molecule has 0 aliphatic carbocycles. The van der Waals surface area contributed by atoms with Gasteiger partial charge < -0.3 is 15.3 Å². The molecule has 0 atom stereocenters. The van der Waals surface area contributed by atoms with Gasteiger partial charge in [0.25, 0.3) is 0 Å². The van der Waals surface area contributed by atoms with Crippen molar-refractivity contribution in [3.8, 4) is 0 Å². The van der Waals surface area contributed by atoms with Crippen LogP contribution in [0.1, 0.15) is 11.3 Å². The topological polar surface area (TPSA) is 82.5 Å². The van der Waals surface area contributed by atoms with Crippen molar-refractivity contribution < 1.29 is 14.7 Å². The zero-order valence-electron chi connectivity index (χ0n) is 10.1. The van der Waals surface area contributed by atoms with Gasteiger partial charge in [0.2, 0.25) is 0 Å². The summed E-state index contributed by atoms with van der Waals surface area (Å²) < 4.78 is 0. The van der Waals surface area contributed by atoms with E-state index in [-0.39, 0.29) is 19.1 Å². The Morgan fingerprint density at radius 3 is 2.89 bits per heavy atom. The monoisotopic (exact) mass is 249 g/mol. The Hall–Kier alpha value is -2.11. The van der Waals surface area contributed by atoms with Crippen LogP contribution < -0.4 is 5.32 Å². The molecule has 2 rings (SSSR count). The zero-order valence-corrected chi connectivity index (χ0v) is 10.1. The summed E-state index contributed by atoms with van der Waals surface area (Å²) in [7, 11) is 0. The van der Waals surface area contributed by atoms with Crippen LogP contribution in [-0.2, 0) is 11.3 Å². The lowest BCUT2D eigenvalue weighted by Gasteiger charge is -2.36. The second kappa shape index (κ2) is 5.03. The molecule has 2 amide bonds. The van der Waals surface area contributed by atoms with Crippen LogP contribution in [0.3, 0.4) is 0 Å². The molecule has 2 heterocycles. The first kappa shape index (κ1) is 12.3. The van der Waals surface area contributed by atoms with Crippen LogP contribution in [0, 0.1) is 12.8 Å². The minimum Gasteiger partial charge on any atom is -0.481 e. The van der Waals surface area contributed by atoms with Gasteiger partial charge in [0.1, 0.15) is 0 Å². The highest BCUT2D eigenvalue weighted by Gasteiger charge is 2.35. The number of amides is 2. The highest BCUT2D eigenvalue weighted by atomic mass is 16.4. The molecule has 0 aromatic carbocycles. The lowest BCUT2D eigenvalue weighted by molar-refractivity contribution is -0.146. The third-order valence-corrected chi connectivity index (χ3v) is 3.04. The van der Waals surface area contributed by atoms with E-state index in [4.69, 9.17) is 5.11 Å². The first-order valence-electron chi connectivity index (χ1n) is 5.74. The van der Waals surface area contributed by atoms with Crippen molar-refractivity contribution in [3.63, 3.8) is 0 Å². The minimum atomic E-state index is -0.848. The smallest absolute Gasteiger partial charge is 0.317 e. The molecule has 1 fully saturated rings. The molecule has 0 radical (unpaired) electrons. The molecule has 6 heteroatoms. The predicted octanol–water partition coefficient (Wildman–Crippen LogP) is 0.616. The SMILES string of the molecule is Cc1cccnc1CNC(=O)N1CC(C(=O)O)C1. The van der Waals surface area contributed by atoms with E-state index in [1.807, 2.05) is 19.1 Å². The maximum Gasteiger partial charge on any atom is 0.317 e. The zero-order chi connectivity index (χ0) is 13.1. The standard InChI is InChI=1S/C12H15N3O3/c1-8-3-2-4-13-10(8)5-14-12(18)15-6-9(7-15)11(16)17/h2-4,9H,5-7H2,1H3,(H,14,18)(H,16,17). The number of urea groups is 1. The van der Waals surface area contributed by atoms with Gasteiger partial charge in [0.15, 0.2) is 0 Å². The van der Waals surface area contributed by atoms with Gasteiger partial charge in [-0.25, -0.2) is 4.79 Å². The number of carbonyl (C=O) groups excluding carboxylic acids is 1. The summed E-state index contributed by atoms with van der Waals surface area (Å²) in [5.41, 5.74) is 1.84. The molecule has 1 aromatic heterocycles. The van der Waals surface area contributed by atoms with E-state index >= 15 is 0 Å². The summed E-state index contributed by atoms with van der Waals surface area (Å²) in [6, 6.07) is 3.53. The van der Waals surface area contributed by atoms with Crippen LogP contribution in [0.15, 0.2) is 18.3 Å². The first-order valence-corrected chi connectivity index (χ1v) is 5.74. The number of rotatable bonds is 3. The van der Waals surface area contributed by atoms with Crippen molar-refractivity contribution in [1.82, 2.24) is 15.2 Å². The Morgan fingerprint density at radius 2 is 2.28 bits per heavy atom. The largest absolute Gasteiger partial charge is 0.481 e. The van der Waals surface area contributed by atoms with Gasteiger partial charge in [0.05, 0.1) is 18.2 Å². The van der Waals surface area contributed by atoms with Crippen LogP contribution in [-0.4, -0.2) is 40.1 Å². The van der Waals surface area contributed by atoms with Crippen molar-refractivity contribution in [1.29, 1.82) is 0 Å². The lowest BCUT2D eigenvalue weighted by Crippen LogP contribution is -2.56. The van der Waals surface area contributed by atoms with Crippen molar-refractivity contribution in [2.45, 2.75) is 13.5 Å². The van der Waals surface area contributed by atoms with Crippen LogP contribution in [0.5, 0.6) is 0 Å². The summed E-state index contributed by atoms with van der Waals surface area (Å²) in [5.74, 6) is -1.27. The van der Waals surface area contributed by atoms with E-state index in [2.05, 4.69) is 10.3 Å². The molecule has 1 saturated heterocycles. The van der Waals surface area contributed by atoms with Gasteiger partial charge in [-0.3, -0.25) is 9.78 Å². The number of aromatic nitrogens is 1. The summed E-state index contributed by atoms with van der Waals surface area (Å²) >= 11 is 0. The molecule has 1 aromatic rings. The summed E-state index contributed by atoms with van der Waals surface area (Å²) in [6.07, 6.45) is 1.68. The van der Waals surface area contributed by atoms with Crippen LogP contribution >= 0.6 is 0 Å². The number of pyridine rings is 1. The average Bonchev–Trinajstić information content (AvgIpc) is 2.25. The van der Waals surface area contributed by atoms with Gasteiger partial charge in [0, 0.05) is 19.3 Å². The summed E-state index contributed by atoms with van der Waals surface area (Å²) in [5, 5.41) is 11.4. The van der Waals surface area contributed by atoms with E-state index in [1.165, 1.54) is 4.90 Å². The molecule has 0 spiro atoms. The third-order valence-electron chi connectivity index (χ3n) is 3.04. The van der Waals surface area contributed by atoms with Gasteiger partial charge >= 0.3 is 12.0 Å². The van der Waals surface area contributed by atoms with Crippen LogP contribution in [0.2, 0.25) is 0 Å². The number of hydrogen-bond acceptors (Lipinski definition) is 3. The van der Waals surface area contributed by atoms with E-state index in [1.54, 1.807) is 6.20 Å². The van der Waals surface area contributed by atoms with Crippen molar-refractivity contribution in [2.24, 2.45) is 5.92 Å². The Labute approximate surface area is 105 Å². The van der Waals surface area contributed by atoms with Gasteiger partial charge in [-0.15, -0.1) is 0 Å². The fourth-order valence-corrected chi connectivity index (χ4v) is 1.78. The number of carboxylic acid groups (broad SMARTS) is 1. The van der Waals surface area contributed by atoms with Crippen LogP contribution in [0.25, 0.3) is 0 Å². The number of carboxylic acids is 1. The molecule has 1 aliphatic heterocycles. The normalized spacial score (nSPS) is 15.1. The van der Waals surface area contributed by atoms with Crippen LogP contribution in [0.4, 0.5) is 4.79 Å². The number of aliphatic carboxylic acids is 1. The molecule has 96 valence electrons. The first-order chi connectivity index (χ1) is 8.58. The van der Waals surface area contributed by atoms with Gasteiger partial charge in [-0.2, -0.15) is 0 Å². The predicted molar refractivity (Wildman–Crippen MR) is 63.9 cm³/mol. The van der Waals surface area contributed by atoms with Gasteiger partial charge in [-0.1, -0.05) is 6.07 Å². The van der Waals surface area contributed by atoms with Gasteiger partial charge in [-0.05, 0) is 18.6 Å². The number of nitrogens with zero attached hydrogens (tertiary/aromatic N) is 2. The van der Waals surface area contributed by atoms with Crippen molar-refractivity contribution in [3.05, 3.63) is 29.6 Å². The molecular formula is C12H15N3O3. The number of likely N-dealkylation sites (tertiary alicyclic amines) is 1. The fourth-order valence-electron chi connectivity index (χ4n) is 1.78. The molecule has 6 nitrogen and oxygen atoms in total. The molecule has 1 aliphatic rings. The molecule has 0 unspecified atom stereocenters. The highest BCUT2D eigenvalue weighted by molar-refractivity contribution is 5.79. The average molecular weight is 249 g/mol. The quantitative estimate of drug-likeness (QED) is 0.822. The van der Waals surface area contributed by atoms with E-state index in [0.29, 0.717) is 6.54 Å². The van der Waals surface area contributed by atoms with Crippen molar-refractivity contribution in [2.75, 3.05) is 13.1 Å². The Bertz CT molecular complexity index is 469. The molecule has 2 N–H and O–H groups in total. The number of nitrogens with one attached hydrogen (secondary N) is 1. The lowest BCUT2D eigenvalue weighted by atomic mass is 10.0. The van der Waals surface area contributed by atoms with E-state index in [0.717, 1.165) is 11.3 Å². The molecule has 0 bridgehead atoms. The maximum atomic E-state index is 11.7. The number of carbonyl (C=O) groups is 2. The Morgan fingerprint density at radius 1 is 1.56 bits per heavy atom. The second-order valence-corrected chi connectivity index (χ2v) is 4.37. The molecular weight excluding hydrogens is 234 g/mol. The molecule has 0 saturated carbocycles. The number of hydrogen-bond donors (Lipinski definition) is 2. The fraction of sp³-hybridized carbons (Fsp3) is 0.417. The molecule has 18 heavy (non-hydrogen) atoms. The summed E-state index contributed by atoms with van der Waals surface area (Å²) in [4.78, 5) is 27.9. The van der Waals surface area contributed by atoms with Crippen molar-refractivity contribution >= 4 is 12.0 Å². The van der Waals surface area contributed by atoms with E-state index < -0.39 is 11.9 Å². The summed E-state index contributed by atoms with van der Waals surface area (Å²) in [6.45, 7) is 2.85. The maximum absolute atomic E-state index is 11.7. The highest BCUT2D eigenvalue weighted by Crippen LogP contribution is 2.15. The van der Waals surface area contributed by atoms with E-state index in [9.17, 15) is 9.59 Å². The number of aryl methyl sites for hydroxylation is 1. The third kappa shape index (κ3) is 2.58.